The Bertz CT molecular complexity index is 1260. The first-order valence-electron chi connectivity index (χ1n) is 9.65. The zero-order valence-corrected chi connectivity index (χ0v) is 17.8. The molecule has 0 aliphatic carbocycles. The fraction of sp³-hybridized carbons (Fsp3) is 0.167. The molecule has 1 amide bonds. The van der Waals surface area contributed by atoms with E-state index in [1.54, 1.807) is 18.2 Å². The number of anilines is 1. The summed E-state index contributed by atoms with van der Waals surface area (Å²) in [6.45, 7) is 7.64. The number of rotatable bonds is 5. The number of hydrogen-bond donors (Lipinski definition) is 1. The van der Waals surface area contributed by atoms with E-state index in [2.05, 4.69) is 5.32 Å². The fourth-order valence-corrected chi connectivity index (χ4v) is 3.40. The van der Waals surface area contributed by atoms with Crippen molar-refractivity contribution in [1.29, 1.82) is 5.26 Å². The number of hydrogen-bond acceptors (Lipinski definition) is 4. The number of benzene rings is 2. The number of nitrogens with one attached hydrogen (secondary N) is 1. The zero-order valence-electron chi connectivity index (χ0n) is 17.8. The minimum Gasteiger partial charge on any atom is -0.321 e. The van der Waals surface area contributed by atoms with Gasteiger partial charge in [-0.25, -0.2) is 0 Å². The van der Waals surface area contributed by atoms with Gasteiger partial charge in [-0.3, -0.25) is 14.9 Å². The van der Waals surface area contributed by atoms with Crippen LogP contribution in [0.4, 0.5) is 11.4 Å². The van der Waals surface area contributed by atoms with E-state index in [0.29, 0.717) is 16.9 Å². The van der Waals surface area contributed by atoms with Gasteiger partial charge in [0.2, 0.25) is 0 Å². The van der Waals surface area contributed by atoms with E-state index in [9.17, 15) is 20.2 Å². The molecule has 0 saturated carbocycles. The number of aromatic nitrogens is 1. The highest BCUT2D eigenvalue weighted by atomic mass is 16.6. The van der Waals surface area contributed by atoms with Crippen LogP contribution >= 0.6 is 0 Å². The molecule has 0 spiro atoms. The van der Waals surface area contributed by atoms with Crippen molar-refractivity contribution < 1.29 is 9.72 Å². The first kappa shape index (κ1) is 21.5. The first-order chi connectivity index (χ1) is 14.7. The van der Waals surface area contributed by atoms with E-state index < -0.39 is 10.8 Å². The van der Waals surface area contributed by atoms with Gasteiger partial charge < -0.3 is 9.88 Å². The van der Waals surface area contributed by atoms with Crippen molar-refractivity contribution in [1.82, 2.24) is 4.57 Å². The minimum atomic E-state index is -0.495. The Morgan fingerprint density at radius 2 is 1.84 bits per heavy atom. The summed E-state index contributed by atoms with van der Waals surface area (Å²) in [6.07, 6.45) is 1.53. The molecule has 31 heavy (non-hydrogen) atoms. The number of carbonyl (C=O) groups is 1. The summed E-state index contributed by atoms with van der Waals surface area (Å²) < 4.78 is 1.86. The largest absolute Gasteiger partial charge is 0.321 e. The number of nitro benzene ring substituents is 1. The third-order valence-electron chi connectivity index (χ3n) is 5.20. The van der Waals surface area contributed by atoms with Gasteiger partial charge >= 0.3 is 0 Å². The average molecular weight is 414 g/mol. The summed E-state index contributed by atoms with van der Waals surface area (Å²) in [5, 5.41) is 23.4. The second-order valence-electron chi connectivity index (χ2n) is 7.36. The summed E-state index contributed by atoms with van der Waals surface area (Å²) in [7, 11) is 0. The molecule has 0 saturated heterocycles. The lowest BCUT2D eigenvalue weighted by Crippen LogP contribution is -2.13. The van der Waals surface area contributed by atoms with E-state index in [0.717, 1.165) is 22.5 Å². The van der Waals surface area contributed by atoms with Crippen LogP contribution in [-0.4, -0.2) is 15.4 Å². The van der Waals surface area contributed by atoms with Crippen molar-refractivity contribution in [2.24, 2.45) is 0 Å². The van der Waals surface area contributed by atoms with Gasteiger partial charge in [0.15, 0.2) is 0 Å². The van der Waals surface area contributed by atoms with Crippen molar-refractivity contribution >= 4 is 23.4 Å². The Hall–Kier alpha value is -4.18. The number of nitrogens with zero attached hydrogens (tertiary/aromatic N) is 3. The molecule has 0 unspecified atom stereocenters. The Morgan fingerprint density at radius 3 is 2.48 bits per heavy atom. The molecule has 1 N–H and O–H groups in total. The second-order valence-corrected chi connectivity index (χ2v) is 7.36. The number of nitriles is 1. The van der Waals surface area contributed by atoms with Crippen LogP contribution in [-0.2, 0) is 4.79 Å². The quantitative estimate of drug-likeness (QED) is 0.269. The van der Waals surface area contributed by atoms with Crippen LogP contribution in [0.15, 0.2) is 54.1 Å². The van der Waals surface area contributed by atoms with Gasteiger partial charge in [0.1, 0.15) is 11.6 Å². The molecule has 3 rings (SSSR count). The predicted octanol–water partition coefficient (Wildman–Crippen LogP) is 5.16. The maximum atomic E-state index is 12.7. The van der Waals surface area contributed by atoms with Crippen LogP contribution in [0.3, 0.4) is 0 Å². The maximum absolute atomic E-state index is 12.7. The third kappa shape index (κ3) is 4.54. The van der Waals surface area contributed by atoms with Gasteiger partial charge in [-0.15, -0.1) is 0 Å². The number of amides is 1. The lowest BCUT2D eigenvalue weighted by atomic mass is 10.1. The molecular weight excluding hydrogens is 392 g/mol. The van der Waals surface area contributed by atoms with E-state index >= 15 is 0 Å². The van der Waals surface area contributed by atoms with Crippen LogP contribution in [0.2, 0.25) is 0 Å². The van der Waals surface area contributed by atoms with Gasteiger partial charge in [0.05, 0.1) is 10.6 Å². The van der Waals surface area contributed by atoms with Crippen LogP contribution in [0.25, 0.3) is 11.8 Å². The molecule has 3 aromatic rings. The molecule has 2 aromatic carbocycles. The van der Waals surface area contributed by atoms with Gasteiger partial charge in [0.25, 0.3) is 11.6 Å². The molecule has 0 fully saturated rings. The number of non-ortho nitro benzene ring substituents is 1. The lowest BCUT2D eigenvalue weighted by molar-refractivity contribution is -0.384. The Balaban J connectivity index is 1.95. The first-order valence-corrected chi connectivity index (χ1v) is 9.65. The molecule has 7 nitrogen and oxygen atoms in total. The molecule has 1 heterocycles. The molecular formula is C24H22N4O3. The van der Waals surface area contributed by atoms with Gasteiger partial charge in [-0.05, 0) is 74.7 Å². The highest BCUT2D eigenvalue weighted by Gasteiger charge is 2.15. The van der Waals surface area contributed by atoms with Crippen molar-refractivity contribution in [3.05, 3.63) is 92.3 Å². The summed E-state index contributed by atoms with van der Waals surface area (Å²) in [5.74, 6) is -0.495. The minimum absolute atomic E-state index is 0.00687. The van der Waals surface area contributed by atoms with Gasteiger partial charge in [0, 0.05) is 29.2 Å². The smallest absolute Gasteiger partial charge is 0.271 e. The zero-order chi connectivity index (χ0) is 22.7. The summed E-state index contributed by atoms with van der Waals surface area (Å²) in [5.41, 5.74) is 5.67. The van der Waals surface area contributed by atoms with Gasteiger partial charge in [-0.2, -0.15) is 5.26 Å². The molecule has 0 atom stereocenters. The Kier molecular flexibility index (Phi) is 6.02. The molecule has 1 aromatic heterocycles. The molecule has 0 aliphatic rings. The third-order valence-corrected chi connectivity index (χ3v) is 5.20. The topological polar surface area (TPSA) is 101 Å². The standard InChI is InChI=1S/C24H22N4O3/c1-15-8-9-21(10-16(15)2)26-24(29)20(14-25)12-19-11-17(3)27(18(19)4)22-6-5-7-23(13-22)28(30)31/h5-13H,1-4H3,(H,26,29)/b20-12-. The van der Waals surface area contributed by atoms with Crippen LogP contribution in [0.5, 0.6) is 0 Å². The van der Waals surface area contributed by atoms with Crippen molar-refractivity contribution in [3.8, 4) is 11.8 Å². The van der Waals surface area contributed by atoms with Crippen molar-refractivity contribution in [2.45, 2.75) is 27.7 Å². The van der Waals surface area contributed by atoms with Crippen LogP contribution < -0.4 is 5.32 Å². The molecule has 0 bridgehead atoms. The molecule has 0 radical (unpaired) electrons. The van der Waals surface area contributed by atoms with Crippen molar-refractivity contribution in [2.75, 3.05) is 5.32 Å². The fourth-order valence-electron chi connectivity index (χ4n) is 3.40. The maximum Gasteiger partial charge on any atom is 0.271 e. The summed E-state index contributed by atoms with van der Waals surface area (Å²) >= 11 is 0. The Labute approximate surface area is 180 Å². The number of nitro groups is 1. The monoisotopic (exact) mass is 414 g/mol. The predicted molar refractivity (Wildman–Crippen MR) is 120 cm³/mol. The second kappa shape index (κ2) is 8.67. The van der Waals surface area contributed by atoms with Gasteiger partial charge in [-0.1, -0.05) is 12.1 Å². The average Bonchev–Trinajstić information content (AvgIpc) is 3.01. The number of carbonyl (C=O) groups excluding carboxylic acids is 1. The van der Waals surface area contributed by atoms with E-state index in [-0.39, 0.29) is 11.3 Å². The van der Waals surface area contributed by atoms with Crippen LogP contribution in [0, 0.1) is 49.1 Å². The summed E-state index contributed by atoms with van der Waals surface area (Å²) in [4.78, 5) is 23.3. The van der Waals surface area contributed by atoms with E-state index in [4.69, 9.17) is 0 Å². The molecule has 7 heteroatoms. The highest BCUT2D eigenvalue weighted by Crippen LogP contribution is 2.25. The molecule has 0 aliphatic heterocycles. The summed E-state index contributed by atoms with van der Waals surface area (Å²) in [6, 6.07) is 15.7. The van der Waals surface area contributed by atoms with E-state index in [1.165, 1.54) is 18.2 Å². The van der Waals surface area contributed by atoms with Crippen LogP contribution in [0.1, 0.15) is 28.1 Å². The Morgan fingerprint density at radius 1 is 1.10 bits per heavy atom. The lowest BCUT2D eigenvalue weighted by Gasteiger charge is -2.09. The number of aryl methyl sites for hydroxylation is 3. The normalized spacial score (nSPS) is 11.1. The van der Waals surface area contributed by atoms with E-state index in [1.807, 2.05) is 56.5 Å². The highest BCUT2D eigenvalue weighted by molar-refractivity contribution is 6.09. The molecule has 156 valence electrons. The van der Waals surface area contributed by atoms with Crippen molar-refractivity contribution in [3.63, 3.8) is 0 Å². The SMILES string of the molecule is Cc1ccc(NC(=O)/C(C#N)=C\c2cc(C)n(-c3cccc([N+](=O)[O-])c3)c2C)cc1C.